The van der Waals surface area contributed by atoms with E-state index >= 15 is 0 Å². The Hall–Kier alpha value is -3.37. The Bertz CT molecular complexity index is 1280. The zero-order valence-corrected chi connectivity index (χ0v) is 20.0. The van der Waals surface area contributed by atoms with Crippen LogP contribution in [0.4, 0.5) is 11.4 Å². The van der Waals surface area contributed by atoms with Crippen LogP contribution in [0.15, 0.2) is 40.3 Å². The quantitative estimate of drug-likeness (QED) is 0.432. The molecule has 0 bridgehead atoms. The topological polar surface area (TPSA) is 126 Å². The van der Waals surface area contributed by atoms with Gasteiger partial charge in [-0.25, -0.2) is 0 Å². The van der Waals surface area contributed by atoms with Gasteiger partial charge in [0.15, 0.2) is 10.9 Å². The average Bonchev–Trinajstić information content (AvgIpc) is 2.74. The molecule has 0 radical (unpaired) electrons. The monoisotopic (exact) mass is 487 g/mol. The average molecular weight is 488 g/mol. The first-order valence-corrected chi connectivity index (χ1v) is 11.2. The summed E-state index contributed by atoms with van der Waals surface area (Å²) in [5, 5.41) is 14.1. The summed E-state index contributed by atoms with van der Waals surface area (Å²) >= 11 is 7.09. The highest BCUT2D eigenvalue weighted by Crippen LogP contribution is 2.30. The second-order valence-electron chi connectivity index (χ2n) is 7.18. The third-order valence-corrected chi connectivity index (χ3v) is 5.65. The lowest BCUT2D eigenvalue weighted by atomic mass is 10.0. The maximum Gasteiger partial charge on any atom is 0.278 e. The zero-order valence-electron chi connectivity index (χ0n) is 18.4. The van der Waals surface area contributed by atoms with Crippen molar-refractivity contribution in [2.45, 2.75) is 25.9 Å². The normalized spacial score (nSPS) is 10.6. The van der Waals surface area contributed by atoms with Crippen LogP contribution in [-0.2, 0) is 9.59 Å². The Morgan fingerprint density at radius 2 is 1.91 bits per heavy atom. The molecule has 3 aromatic rings. The number of H-pyrrole nitrogens is 1. The van der Waals surface area contributed by atoms with Gasteiger partial charge in [0.1, 0.15) is 5.75 Å². The van der Waals surface area contributed by atoms with Crippen LogP contribution >= 0.6 is 23.4 Å². The molecule has 1 aromatic heterocycles. The molecule has 0 saturated carbocycles. The van der Waals surface area contributed by atoms with Crippen LogP contribution < -0.4 is 20.9 Å². The minimum Gasteiger partial charge on any atom is -0.495 e. The van der Waals surface area contributed by atoms with Crippen molar-refractivity contribution in [2.75, 3.05) is 23.5 Å². The lowest BCUT2D eigenvalue weighted by Crippen LogP contribution is -2.18. The number of thioether (sulfide) groups is 1. The zero-order chi connectivity index (χ0) is 24.1. The molecule has 0 atom stereocenters. The second kappa shape index (κ2) is 10.5. The van der Waals surface area contributed by atoms with E-state index in [1.165, 1.54) is 14.0 Å². The van der Waals surface area contributed by atoms with Crippen molar-refractivity contribution in [1.29, 1.82) is 0 Å². The summed E-state index contributed by atoms with van der Waals surface area (Å²) in [5.41, 5.74) is 2.80. The van der Waals surface area contributed by atoms with E-state index in [1.54, 1.807) is 24.3 Å². The molecule has 172 valence electrons. The van der Waals surface area contributed by atoms with Crippen molar-refractivity contribution in [3.8, 4) is 17.0 Å². The maximum absolute atomic E-state index is 12.7. The van der Waals surface area contributed by atoms with E-state index in [9.17, 15) is 14.4 Å². The van der Waals surface area contributed by atoms with Crippen LogP contribution in [0, 0.1) is 13.8 Å². The number of aromatic nitrogens is 3. The fraction of sp³-hybridized carbons (Fsp3) is 0.227. The van der Waals surface area contributed by atoms with E-state index in [0.29, 0.717) is 27.7 Å². The highest BCUT2D eigenvalue weighted by Gasteiger charge is 2.16. The summed E-state index contributed by atoms with van der Waals surface area (Å²) in [6.45, 7) is 5.11. The van der Waals surface area contributed by atoms with Gasteiger partial charge in [0.05, 0.1) is 23.6 Å². The number of halogens is 1. The van der Waals surface area contributed by atoms with Crippen molar-refractivity contribution >= 4 is 46.6 Å². The van der Waals surface area contributed by atoms with Crippen LogP contribution in [0.3, 0.4) is 0 Å². The van der Waals surface area contributed by atoms with E-state index in [1.807, 2.05) is 19.9 Å². The van der Waals surface area contributed by atoms with Gasteiger partial charge in [0.25, 0.3) is 5.56 Å². The van der Waals surface area contributed by atoms with E-state index in [-0.39, 0.29) is 28.4 Å². The molecule has 9 nitrogen and oxygen atoms in total. The number of anilines is 2. The number of hydrogen-bond acceptors (Lipinski definition) is 7. The highest BCUT2D eigenvalue weighted by molar-refractivity contribution is 7.99. The number of aromatic amines is 1. The first-order valence-electron chi connectivity index (χ1n) is 9.80. The number of carbonyl (C=O) groups is 2. The predicted molar refractivity (Wildman–Crippen MR) is 129 cm³/mol. The lowest BCUT2D eigenvalue weighted by molar-refractivity contribution is -0.114. The van der Waals surface area contributed by atoms with Gasteiger partial charge in [-0.05, 0) is 43.7 Å². The second-order valence-corrected chi connectivity index (χ2v) is 8.55. The van der Waals surface area contributed by atoms with Crippen molar-refractivity contribution in [2.24, 2.45) is 0 Å². The molecular weight excluding hydrogens is 466 g/mol. The summed E-state index contributed by atoms with van der Waals surface area (Å²) in [6.07, 6.45) is 0. The van der Waals surface area contributed by atoms with E-state index in [2.05, 4.69) is 25.8 Å². The smallest absolute Gasteiger partial charge is 0.278 e. The number of carbonyl (C=O) groups excluding carboxylic acids is 2. The van der Waals surface area contributed by atoms with E-state index in [0.717, 1.165) is 22.9 Å². The number of benzene rings is 2. The SMILES string of the molecule is COc1ccc(NC(=O)CSc2nnc(-c3cc(C)cc(C)c3NC(C)=O)c(=O)[nH]2)cc1Cl. The van der Waals surface area contributed by atoms with Gasteiger partial charge in [-0.15, -0.1) is 10.2 Å². The van der Waals surface area contributed by atoms with Gasteiger partial charge in [-0.2, -0.15) is 0 Å². The first kappa shape index (κ1) is 24.3. The molecule has 3 N–H and O–H groups in total. The van der Waals surface area contributed by atoms with E-state index < -0.39 is 5.56 Å². The third-order valence-electron chi connectivity index (χ3n) is 4.49. The molecule has 0 aliphatic rings. The number of aryl methyl sites for hydroxylation is 2. The molecule has 2 amide bonds. The molecule has 1 heterocycles. The number of methoxy groups -OCH3 is 1. The van der Waals surface area contributed by atoms with E-state index in [4.69, 9.17) is 16.3 Å². The number of hydrogen-bond donors (Lipinski definition) is 3. The molecule has 0 aliphatic carbocycles. The Balaban J connectivity index is 1.74. The molecule has 0 fully saturated rings. The molecule has 2 aromatic carbocycles. The summed E-state index contributed by atoms with van der Waals surface area (Å²) < 4.78 is 5.08. The molecule has 33 heavy (non-hydrogen) atoms. The molecule has 0 spiro atoms. The number of ether oxygens (including phenoxy) is 1. The lowest BCUT2D eigenvalue weighted by Gasteiger charge is -2.13. The molecule has 0 aliphatic heterocycles. The van der Waals surface area contributed by atoms with Crippen molar-refractivity contribution in [3.63, 3.8) is 0 Å². The standard InChI is InChI=1S/C22H22ClN5O4S/c1-11-7-12(2)19(24-13(3)29)15(8-11)20-21(31)26-22(28-27-20)33-10-18(30)25-14-5-6-17(32-4)16(23)9-14/h5-9H,10H2,1-4H3,(H,24,29)(H,25,30)(H,26,28,31). The largest absolute Gasteiger partial charge is 0.495 e. The minimum absolute atomic E-state index is 0.00564. The number of nitrogens with zero attached hydrogens (tertiary/aromatic N) is 2. The number of rotatable bonds is 7. The summed E-state index contributed by atoms with van der Waals surface area (Å²) in [7, 11) is 1.50. The minimum atomic E-state index is -0.480. The van der Waals surface area contributed by atoms with Crippen molar-refractivity contribution in [3.05, 3.63) is 56.8 Å². The Morgan fingerprint density at radius 3 is 2.55 bits per heavy atom. The number of nitrogens with one attached hydrogen (secondary N) is 3. The Morgan fingerprint density at radius 1 is 1.15 bits per heavy atom. The summed E-state index contributed by atoms with van der Waals surface area (Å²) in [4.78, 5) is 39.2. The highest BCUT2D eigenvalue weighted by atomic mass is 35.5. The van der Waals surface area contributed by atoms with Crippen LogP contribution in [-0.4, -0.2) is 39.9 Å². The van der Waals surface area contributed by atoms with Gasteiger partial charge >= 0.3 is 0 Å². The first-order chi connectivity index (χ1) is 15.7. The molecule has 0 unspecified atom stereocenters. The van der Waals surface area contributed by atoms with Crippen LogP contribution in [0.1, 0.15) is 18.1 Å². The van der Waals surface area contributed by atoms with Gasteiger partial charge in [0, 0.05) is 18.2 Å². The van der Waals surface area contributed by atoms with Gasteiger partial charge < -0.3 is 15.4 Å². The van der Waals surface area contributed by atoms with Crippen molar-refractivity contribution in [1.82, 2.24) is 15.2 Å². The van der Waals surface area contributed by atoms with Gasteiger partial charge in [0.2, 0.25) is 11.8 Å². The summed E-state index contributed by atoms with van der Waals surface area (Å²) in [6, 6.07) is 8.55. The van der Waals surface area contributed by atoms with Crippen molar-refractivity contribution < 1.29 is 14.3 Å². The van der Waals surface area contributed by atoms with Crippen LogP contribution in [0.25, 0.3) is 11.3 Å². The van der Waals surface area contributed by atoms with Gasteiger partial charge in [-0.1, -0.05) is 35.0 Å². The fourth-order valence-corrected chi connectivity index (χ4v) is 4.00. The van der Waals surface area contributed by atoms with Crippen LogP contribution in [0.5, 0.6) is 5.75 Å². The maximum atomic E-state index is 12.7. The Kier molecular flexibility index (Phi) is 7.72. The van der Waals surface area contributed by atoms with Gasteiger partial charge in [-0.3, -0.25) is 19.4 Å². The molecule has 11 heteroatoms. The van der Waals surface area contributed by atoms with Crippen LogP contribution in [0.2, 0.25) is 5.02 Å². The molecule has 0 saturated heterocycles. The summed E-state index contributed by atoms with van der Waals surface area (Å²) in [5.74, 6) is -0.0736. The molecular formula is C22H22ClN5O4S. The predicted octanol–water partition coefficient (Wildman–Crippen LogP) is 3.80. The number of amides is 2. The molecule has 3 rings (SSSR count). The Labute approximate surface area is 199 Å². The third kappa shape index (κ3) is 6.11. The fourth-order valence-electron chi connectivity index (χ4n) is 3.13.